The van der Waals surface area contributed by atoms with Crippen LogP contribution < -0.4 is 4.74 Å². The molecule has 1 unspecified atom stereocenters. The summed E-state index contributed by atoms with van der Waals surface area (Å²) >= 11 is 0. The summed E-state index contributed by atoms with van der Waals surface area (Å²) in [6, 6.07) is 11.5. The average Bonchev–Trinajstić information content (AvgIpc) is 3.44. The third-order valence-electron chi connectivity index (χ3n) is 6.04. The molecule has 4 rings (SSSR count). The summed E-state index contributed by atoms with van der Waals surface area (Å²) < 4.78 is 11.0. The van der Waals surface area contributed by atoms with Gasteiger partial charge in [-0.3, -0.25) is 4.79 Å². The van der Waals surface area contributed by atoms with Gasteiger partial charge in [-0.05, 0) is 83.2 Å². The third-order valence-corrected chi connectivity index (χ3v) is 6.04. The number of ether oxygens (including phenoxy) is 1. The third kappa shape index (κ3) is 3.91. The number of aliphatic carboxylic acids is 1. The summed E-state index contributed by atoms with van der Waals surface area (Å²) in [5, 5.41) is 18.0. The minimum Gasteiger partial charge on any atom is -0.493 e. The second kappa shape index (κ2) is 8.09. The van der Waals surface area contributed by atoms with Gasteiger partial charge in [-0.15, -0.1) is 0 Å². The summed E-state index contributed by atoms with van der Waals surface area (Å²) in [4.78, 5) is 12.4. The van der Waals surface area contributed by atoms with E-state index in [0.29, 0.717) is 36.4 Å². The van der Waals surface area contributed by atoms with E-state index in [1.54, 1.807) is 0 Å². The maximum Gasteiger partial charge on any atom is 0.314 e. The Morgan fingerprint density at radius 1 is 1.20 bits per heavy atom. The standard InChI is InChI=1S/C24H28N2O4/c1-4-24(23(27)28,13-15(2)3)18-8-10-22(29-14-16-5-6-16)19(12-18)17-7-9-20-21(11-17)26-30-25-20/h7-12,15-16H,4-6,13-14H2,1-3H3,(H,27,28). The van der Waals surface area contributed by atoms with Crippen molar-refractivity contribution in [3.63, 3.8) is 0 Å². The van der Waals surface area contributed by atoms with Crippen LogP contribution in [0.3, 0.4) is 0 Å². The lowest BCUT2D eigenvalue weighted by molar-refractivity contribution is -0.144. The zero-order valence-corrected chi connectivity index (χ0v) is 17.7. The summed E-state index contributed by atoms with van der Waals surface area (Å²) in [5.74, 6) is 0.858. The first-order valence-electron chi connectivity index (χ1n) is 10.7. The van der Waals surface area contributed by atoms with E-state index in [2.05, 4.69) is 24.2 Å². The Labute approximate surface area is 176 Å². The molecule has 0 aliphatic heterocycles. The zero-order valence-electron chi connectivity index (χ0n) is 17.7. The highest BCUT2D eigenvalue weighted by Gasteiger charge is 2.39. The number of fused-ring (bicyclic) bond motifs is 1. The molecule has 3 aromatic rings. The Kier molecular flexibility index (Phi) is 5.50. The van der Waals surface area contributed by atoms with E-state index >= 15 is 0 Å². The van der Waals surface area contributed by atoms with Crippen molar-refractivity contribution in [2.75, 3.05) is 6.61 Å². The molecule has 1 aromatic heterocycles. The van der Waals surface area contributed by atoms with Crippen LogP contribution >= 0.6 is 0 Å². The van der Waals surface area contributed by atoms with E-state index in [1.165, 1.54) is 12.8 Å². The molecule has 0 bridgehead atoms. The van der Waals surface area contributed by atoms with E-state index < -0.39 is 11.4 Å². The molecule has 2 aromatic carbocycles. The number of benzene rings is 2. The Morgan fingerprint density at radius 3 is 2.63 bits per heavy atom. The lowest BCUT2D eigenvalue weighted by atomic mass is 9.72. The second-order valence-electron chi connectivity index (χ2n) is 8.77. The quantitative estimate of drug-likeness (QED) is 0.506. The van der Waals surface area contributed by atoms with E-state index in [9.17, 15) is 9.90 Å². The minimum atomic E-state index is -0.933. The monoisotopic (exact) mass is 408 g/mol. The molecule has 6 nitrogen and oxygen atoms in total. The fourth-order valence-corrected chi connectivity index (χ4v) is 4.15. The maximum absolute atomic E-state index is 12.4. The van der Waals surface area contributed by atoms with Gasteiger partial charge in [-0.1, -0.05) is 32.9 Å². The molecule has 1 atom stereocenters. The van der Waals surface area contributed by atoms with Gasteiger partial charge < -0.3 is 9.84 Å². The van der Waals surface area contributed by atoms with Crippen molar-refractivity contribution in [2.45, 2.75) is 51.9 Å². The van der Waals surface area contributed by atoms with E-state index in [0.717, 1.165) is 22.4 Å². The Balaban J connectivity index is 1.82. The maximum atomic E-state index is 12.4. The molecule has 158 valence electrons. The van der Waals surface area contributed by atoms with Crippen LogP contribution in [-0.2, 0) is 10.2 Å². The van der Waals surface area contributed by atoms with Crippen molar-refractivity contribution < 1.29 is 19.3 Å². The Bertz CT molecular complexity index is 1050. The number of carboxylic acid groups (broad SMARTS) is 1. The molecular formula is C24H28N2O4. The molecular weight excluding hydrogens is 380 g/mol. The molecule has 1 fully saturated rings. The number of rotatable bonds is 9. The second-order valence-corrected chi connectivity index (χ2v) is 8.77. The SMILES string of the molecule is CCC(CC(C)C)(C(=O)O)c1ccc(OCC2CC2)c(-c2ccc3nonc3c2)c1. The Hall–Kier alpha value is -2.89. The van der Waals surface area contributed by atoms with Crippen molar-refractivity contribution >= 4 is 17.0 Å². The number of hydrogen-bond acceptors (Lipinski definition) is 5. The van der Waals surface area contributed by atoms with Gasteiger partial charge in [0.25, 0.3) is 0 Å². The van der Waals surface area contributed by atoms with Gasteiger partial charge in [0.15, 0.2) is 0 Å². The van der Waals surface area contributed by atoms with Crippen LogP contribution in [0.2, 0.25) is 0 Å². The van der Waals surface area contributed by atoms with Crippen molar-refractivity contribution in [1.29, 1.82) is 0 Å². The van der Waals surface area contributed by atoms with Crippen molar-refractivity contribution in [3.05, 3.63) is 42.0 Å². The van der Waals surface area contributed by atoms with Crippen LogP contribution in [0.15, 0.2) is 41.0 Å². The van der Waals surface area contributed by atoms with Crippen LogP contribution in [0.5, 0.6) is 5.75 Å². The fraction of sp³-hybridized carbons (Fsp3) is 0.458. The highest BCUT2D eigenvalue weighted by Crippen LogP contribution is 2.41. The first-order chi connectivity index (χ1) is 14.4. The predicted molar refractivity (Wildman–Crippen MR) is 115 cm³/mol. The van der Waals surface area contributed by atoms with Gasteiger partial charge in [-0.2, -0.15) is 0 Å². The highest BCUT2D eigenvalue weighted by molar-refractivity contribution is 5.85. The van der Waals surface area contributed by atoms with Crippen molar-refractivity contribution in [2.24, 2.45) is 11.8 Å². The predicted octanol–water partition coefficient (Wildman–Crippen LogP) is 5.46. The van der Waals surface area contributed by atoms with E-state index in [1.807, 2.05) is 43.3 Å². The van der Waals surface area contributed by atoms with Crippen LogP contribution in [0, 0.1) is 11.8 Å². The lowest BCUT2D eigenvalue weighted by Crippen LogP contribution is -2.36. The Morgan fingerprint density at radius 2 is 1.97 bits per heavy atom. The van der Waals surface area contributed by atoms with Gasteiger partial charge in [0, 0.05) is 5.56 Å². The molecule has 1 N–H and O–H groups in total. The summed E-state index contributed by atoms with van der Waals surface area (Å²) in [5.41, 5.74) is 3.00. The number of hydrogen-bond donors (Lipinski definition) is 1. The summed E-state index contributed by atoms with van der Waals surface area (Å²) in [6.45, 7) is 6.75. The van der Waals surface area contributed by atoms with Gasteiger partial charge in [0.2, 0.25) is 0 Å². The minimum absolute atomic E-state index is 0.257. The molecule has 30 heavy (non-hydrogen) atoms. The highest BCUT2D eigenvalue weighted by atomic mass is 16.6. The fourth-order valence-electron chi connectivity index (χ4n) is 4.15. The first-order valence-corrected chi connectivity index (χ1v) is 10.7. The average molecular weight is 408 g/mol. The normalized spacial score (nSPS) is 16.0. The molecule has 0 amide bonds. The molecule has 0 radical (unpaired) electrons. The number of nitrogens with zero attached hydrogens (tertiary/aromatic N) is 2. The molecule has 6 heteroatoms. The van der Waals surface area contributed by atoms with Crippen LogP contribution in [0.4, 0.5) is 0 Å². The first kappa shape index (κ1) is 20.4. The smallest absolute Gasteiger partial charge is 0.314 e. The molecule has 0 spiro atoms. The summed E-state index contributed by atoms with van der Waals surface area (Å²) in [7, 11) is 0. The van der Waals surface area contributed by atoms with Crippen LogP contribution in [0.25, 0.3) is 22.2 Å². The zero-order chi connectivity index (χ0) is 21.3. The lowest BCUT2D eigenvalue weighted by Gasteiger charge is -2.31. The van der Waals surface area contributed by atoms with Gasteiger partial charge in [0.05, 0.1) is 12.0 Å². The topological polar surface area (TPSA) is 85.5 Å². The van der Waals surface area contributed by atoms with Crippen LogP contribution in [-0.4, -0.2) is 28.0 Å². The molecule has 0 saturated heterocycles. The van der Waals surface area contributed by atoms with Crippen LogP contribution in [0.1, 0.15) is 52.0 Å². The van der Waals surface area contributed by atoms with Gasteiger partial charge in [-0.25, -0.2) is 4.63 Å². The molecule has 1 saturated carbocycles. The molecule has 1 aliphatic carbocycles. The van der Waals surface area contributed by atoms with Crippen molar-refractivity contribution in [1.82, 2.24) is 10.3 Å². The van der Waals surface area contributed by atoms with E-state index in [4.69, 9.17) is 9.37 Å². The van der Waals surface area contributed by atoms with Gasteiger partial charge in [0.1, 0.15) is 16.8 Å². The summed E-state index contributed by atoms with van der Waals surface area (Å²) in [6.07, 6.45) is 3.51. The van der Waals surface area contributed by atoms with Crippen molar-refractivity contribution in [3.8, 4) is 16.9 Å². The number of aromatic nitrogens is 2. The van der Waals surface area contributed by atoms with Gasteiger partial charge >= 0.3 is 5.97 Å². The molecule has 1 heterocycles. The number of carboxylic acids is 1. The molecule has 1 aliphatic rings. The largest absolute Gasteiger partial charge is 0.493 e. The number of carbonyl (C=O) groups is 1. The van der Waals surface area contributed by atoms with E-state index in [-0.39, 0.29) is 5.92 Å².